The second kappa shape index (κ2) is 7.07. The number of methoxy groups -OCH3 is 2. The number of nitrogens with zero attached hydrogens (tertiary/aromatic N) is 1. The summed E-state index contributed by atoms with van der Waals surface area (Å²) in [6.45, 7) is 8.50. The third-order valence-electron chi connectivity index (χ3n) is 4.41. The highest BCUT2D eigenvalue weighted by Gasteiger charge is 2.33. The van der Waals surface area contributed by atoms with Gasteiger partial charge in [0.15, 0.2) is 11.5 Å². The highest BCUT2D eigenvalue weighted by atomic mass is 32.2. The molecular weight excluding hydrogens is 316 g/mol. The zero-order chi connectivity index (χ0) is 17.2. The first-order valence-electron chi connectivity index (χ1n) is 7.79. The lowest BCUT2D eigenvalue weighted by Gasteiger charge is -2.19. The zero-order valence-corrected chi connectivity index (χ0v) is 15.2. The second-order valence-electron chi connectivity index (χ2n) is 6.03. The number of rotatable bonds is 6. The van der Waals surface area contributed by atoms with Crippen LogP contribution in [0.5, 0.6) is 11.5 Å². The quantitative estimate of drug-likeness (QED) is 0.851. The lowest BCUT2D eigenvalue weighted by Crippen LogP contribution is -2.40. The Hall–Kier alpha value is -1.31. The topological polar surface area (TPSA) is 67.9 Å². The van der Waals surface area contributed by atoms with Crippen LogP contribution in [0.25, 0.3) is 0 Å². The molecule has 0 radical (unpaired) electrons. The summed E-state index contributed by atoms with van der Waals surface area (Å²) in [6, 6.07) is 3.13. The van der Waals surface area contributed by atoms with Crippen LogP contribution < -0.4 is 14.2 Å². The van der Waals surface area contributed by atoms with Crippen molar-refractivity contribution in [2.75, 3.05) is 33.9 Å². The maximum atomic E-state index is 12.8. The van der Waals surface area contributed by atoms with Crippen molar-refractivity contribution < 1.29 is 17.9 Å². The van der Waals surface area contributed by atoms with Crippen LogP contribution in [0.2, 0.25) is 0 Å². The molecule has 1 N–H and O–H groups in total. The summed E-state index contributed by atoms with van der Waals surface area (Å²) in [5, 5.41) is 0. The van der Waals surface area contributed by atoms with Crippen LogP contribution in [0, 0.1) is 12.8 Å². The van der Waals surface area contributed by atoms with Gasteiger partial charge < -0.3 is 14.4 Å². The second-order valence-corrected chi connectivity index (χ2v) is 7.71. The molecule has 130 valence electrons. The van der Waals surface area contributed by atoms with E-state index < -0.39 is 10.0 Å². The van der Waals surface area contributed by atoms with Crippen LogP contribution in [0.1, 0.15) is 19.4 Å². The molecule has 7 heteroatoms. The van der Waals surface area contributed by atoms with Crippen molar-refractivity contribution in [2.45, 2.75) is 31.7 Å². The van der Waals surface area contributed by atoms with Gasteiger partial charge >= 0.3 is 0 Å². The molecule has 0 unspecified atom stereocenters. The van der Waals surface area contributed by atoms with Gasteiger partial charge in [-0.1, -0.05) is 13.8 Å². The fourth-order valence-electron chi connectivity index (χ4n) is 2.99. The molecule has 2 atom stereocenters. The van der Waals surface area contributed by atoms with Crippen LogP contribution >= 0.6 is 0 Å². The number of sulfonamides is 1. The van der Waals surface area contributed by atoms with E-state index >= 15 is 0 Å². The maximum absolute atomic E-state index is 12.8. The van der Waals surface area contributed by atoms with E-state index in [2.05, 4.69) is 23.5 Å². The number of hydrogen-bond donors (Lipinski definition) is 1. The summed E-state index contributed by atoms with van der Waals surface area (Å²) in [5.74, 6) is 1.22. The van der Waals surface area contributed by atoms with E-state index in [0.717, 1.165) is 19.6 Å². The maximum Gasteiger partial charge on any atom is 0.241 e. The predicted octanol–water partition coefficient (Wildman–Crippen LogP) is 1.63. The Bertz CT molecular complexity index is 660. The van der Waals surface area contributed by atoms with E-state index in [-0.39, 0.29) is 16.9 Å². The molecule has 1 aliphatic rings. The first-order chi connectivity index (χ1) is 10.8. The summed E-state index contributed by atoms with van der Waals surface area (Å²) < 4.78 is 38.9. The number of likely N-dealkylation sites (N-methyl/N-ethyl adjacent to an activating group) is 1. The van der Waals surface area contributed by atoms with E-state index in [0.29, 0.717) is 17.1 Å². The average Bonchev–Trinajstić information content (AvgIpc) is 2.86. The van der Waals surface area contributed by atoms with Gasteiger partial charge in [0.05, 0.1) is 19.1 Å². The Morgan fingerprint density at radius 3 is 2.35 bits per heavy atom. The van der Waals surface area contributed by atoms with Crippen LogP contribution in [-0.2, 0) is 10.0 Å². The summed E-state index contributed by atoms with van der Waals surface area (Å²) in [6.07, 6.45) is 0. The van der Waals surface area contributed by atoms with E-state index in [1.807, 2.05) is 0 Å². The fourth-order valence-corrected chi connectivity index (χ4v) is 4.57. The van der Waals surface area contributed by atoms with Crippen molar-refractivity contribution in [3.05, 3.63) is 17.7 Å². The predicted molar refractivity (Wildman–Crippen MR) is 89.7 cm³/mol. The van der Waals surface area contributed by atoms with Crippen LogP contribution in [0.15, 0.2) is 17.0 Å². The number of nitrogens with one attached hydrogen (secondary N) is 1. The van der Waals surface area contributed by atoms with Gasteiger partial charge in [0.1, 0.15) is 0 Å². The molecule has 6 nitrogen and oxygen atoms in total. The van der Waals surface area contributed by atoms with Crippen molar-refractivity contribution in [2.24, 2.45) is 5.92 Å². The van der Waals surface area contributed by atoms with E-state index in [1.54, 1.807) is 13.0 Å². The fraction of sp³-hybridized carbons (Fsp3) is 0.625. The van der Waals surface area contributed by atoms with Crippen LogP contribution in [-0.4, -0.2) is 53.2 Å². The van der Waals surface area contributed by atoms with Crippen LogP contribution in [0.4, 0.5) is 0 Å². The molecule has 1 aromatic carbocycles. The Morgan fingerprint density at radius 2 is 1.83 bits per heavy atom. The number of aryl methyl sites for hydroxylation is 1. The molecule has 1 fully saturated rings. The Balaban J connectivity index is 2.29. The van der Waals surface area contributed by atoms with Gasteiger partial charge in [-0.2, -0.15) is 0 Å². The molecule has 1 heterocycles. The Labute approximate surface area is 138 Å². The van der Waals surface area contributed by atoms with Crippen LogP contribution in [0.3, 0.4) is 0 Å². The van der Waals surface area contributed by atoms with Gasteiger partial charge in [0.25, 0.3) is 0 Å². The van der Waals surface area contributed by atoms with Crippen molar-refractivity contribution in [1.29, 1.82) is 0 Å². The minimum atomic E-state index is -3.61. The molecule has 23 heavy (non-hydrogen) atoms. The monoisotopic (exact) mass is 342 g/mol. The van der Waals surface area contributed by atoms with E-state index in [4.69, 9.17) is 9.47 Å². The molecule has 0 aliphatic carbocycles. The SMILES string of the molecule is CCN1C[C@@H](C)[C@@H](NS(=O)(=O)c2cc(OC)c(OC)cc2C)C1. The minimum Gasteiger partial charge on any atom is -0.493 e. The van der Waals surface area contributed by atoms with Crippen molar-refractivity contribution >= 4 is 10.0 Å². The Morgan fingerprint density at radius 1 is 1.22 bits per heavy atom. The lowest BCUT2D eigenvalue weighted by atomic mass is 10.1. The van der Waals surface area contributed by atoms with Crippen molar-refractivity contribution in [3.8, 4) is 11.5 Å². The first-order valence-corrected chi connectivity index (χ1v) is 9.28. The van der Waals surface area contributed by atoms with Gasteiger partial charge in [0.2, 0.25) is 10.0 Å². The molecule has 0 saturated carbocycles. The molecule has 0 aromatic heterocycles. The normalized spacial score (nSPS) is 22.3. The smallest absolute Gasteiger partial charge is 0.241 e. The number of ether oxygens (including phenoxy) is 2. The van der Waals surface area contributed by atoms with Gasteiger partial charge in [-0.05, 0) is 31.0 Å². The lowest BCUT2D eigenvalue weighted by molar-refractivity contribution is 0.344. The van der Waals surface area contributed by atoms with Gasteiger partial charge in [0, 0.05) is 25.2 Å². The van der Waals surface area contributed by atoms with E-state index in [9.17, 15) is 8.42 Å². The molecular formula is C16H26N2O4S. The number of benzene rings is 1. The summed E-state index contributed by atoms with van der Waals surface area (Å²) in [4.78, 5) is 2.48. The van der Waals surface area contributed by atoms with Gasteiger partial charge in [-0.3, -0.25) is 0 Å². The third-order valence-corrected chi connectivity index (χ3v) is 6.04. The average molecular weight is 342 g/mol. The van der Waals surface area contributed by atoms with Gasteiger partial charge in [-0.25, -0.2) is 13.1 Å². The molecule has 2 rings (SSSR count). The zero-order valence-electron chi connectivity index (χ0n) is 14.4. The molecule has 0 spiro atoms. The highest BCUT2D eigenvalue weighted by Crippen LogP contribution is 2.32. The highest BCUT2D eigenvalue weighted by molar-refractivity contribution is 7.89. The molecule has 1 aromatic rings. The summed E-state index contributed by atoms with van der Waals surface area (Å²) >= 11 is 0. The molecule has 1 aliphatic heterocycles. The molecule has 0 bridgehead atoms. The molecule has 1 saturated heterocycles. The first kappa shape index (κ1) is 18.0. The largest absolute Gasteiger partial charge is 0.493 e. The van der Waals surface area contributed by atoms with Gasteiger partial charge in [-0.15, -0.1) is 0 Å². The minimum absolute atomic E-state index is 0.0764. The standard InChI is InChI=1S/C16H26N2O4S/c1-6-18-9-12(3)13(10-18)17-23(19,20)16-8-15(22-5)14(21-4)7-11(16)2/h7-8,12-13,17H,6,9-10H2,1-5H3/t12-,13+/m1/s1. The number of hydrogen-bond acceptors (Lipinski definition) is 5. The summed E-state index contributed by atoms with van der Waals surface area (Å²) in [5.41, 5.74) is 0.633. The molecule has 0 amide bonds. The van der Waals surface area contributed by atoms with Crippen molar-refractivity contribution in [3.63, 3.8) is 0 Å². The Kier molecular flexibility index (Phi) is 5.54. The van der Waals surface area contributed by atoms with Crippen molar-refractivity contribution in [1.82, 2.24) is 9.62 Å². The van der Waals surface area contributed by atoms with E-state index in [1.165, 1.54) is 20.3 Å². The number of likely N-dealkylation sites (tertiary alicyclic amines) is 1. The third kappa shape index (κ3) is 3.79. The summed E-state index contributed by atoms with van der Waals surface area (Å²) in [7, 11) is -0.582.